The first-order valence-electron chi connectivity index (χ1n) is 8.67. The van der Waals surface area contributed by atoms with Crippen molar-refractivity contribution >= 4 is 8.32 Å². The van der Waals surface area contributed by atoms with Crippen molar-refractivity contribution < 1.29 is 30.8 Å². The topological polar surface area (TPSA) is 21.3 Å². The third kappa shape index (κ3) is 7.46. The van der Waals surface area contributed by atoms with Gasteiger partial charge in [0.2, 0.25) is 0 Å². The number of alkyl halides is 6. The van der Waals surface area contributed by atoms with E-state index in [-0.39, 0.29) is 23.2 Å². The Morgan fingerprint density at radius 2 is 1.37 bits per heavy atom. The Bertz CT molecular complexity index is 587. The number of hydrogen-bond acceptors (Lipinski definition) is 2. The van der Waals surface area contributed by atoms with E-state index in [9.17, 15) is 26.3 Å². The molecule has 0 spiro atoms. The van der Waals surface area contributed by atoms with Crippen LogP contribution in [0.5, 0.6) is 0 Å². The zero-order valence-corrected chi connectivity index (χ0v) is 17.2. The number of nitrogens with one attached hydrogen (secondary N) is 1. The number of rotatable bonds is 7. The lowest BCUT2D eigenvalue weighted by Gasteiger charge is -2.36. The molecule has 1 aromatic rings. The molecule has 9 heteroatoms. The zero-order chi connectivity index (χ0) is 21.1. The van der Waals surface area contributed by atoms with Gasteiger partial charge >= 0.3 is 12.4 Å². The maximum atomic E-state index is 12.8. The van der Waals surface area contributed by atoms with Crippen molar-refractivity contribution in [3.05, 3.63) is 34.9 Å². The number of halogens is 6. The highest BCUT2D eigenvalue weighted by atomic mass is 28.4. The fourth-order valence-corrected chi connectivity index (χ4v) is 3.18. The average molecular weight is 415 g/mol. The Hall–Kier alpha value is -1.06. The summed E-state index contributed by atoms with van der Waals surface area (Å²) in [4.78, 5) is 0. The molecule has 0 fully saturated rings. The van der Waals surface area contributed by atoms with Gasteiger partial charge in [0, 0.05) is 13.2 Å². The SMILES string of the molecule is CC(C)(C)[Si](C)(C)OCCCNCc1cc(C(F)(F)F)cc(C(F)(F)F)c1. The van der Waals surface area contributed by atoms with Gasteiger partial charge in [0.1, 0.15) is 0 Å². The summed E-state index contributed by atoms with van der Waals surface area (Å²) in [6.45, 7) is 11.4. The summed E-state index contributed by atoms with van der Waals surface area (Å²) >= 11 is 0. The second kappa shape index (κ2) is 8.53. The van der Waals surface area contributed by atoms with Gasteiger partial charge in [-0.25, -0.2) is 0 Å². The molecule has 0 atom stereocenters. The van der Waals surface area contributed by atoms with Gasteiger partial charge in [0.15, 0.2) is 8.32 Å². The van der Waals surface area contributed by atoms with E-state index in [1.807, 2.05) is 0 Å². The second-order valence-electron chi connectivity index (χ2n) is 8.05. The van der Waals surface area contributed by atoms with Gasteiger partial charge < -0.3 is 9.74 Å². The van der Waals surface area contributed by atoms with Crippen molar-refractivity contribution in [2.45, 2.75) is 64.2 Å². The fraction of sp³-hybridized carbons (Fsp3) is 0.667. The van der Waals surface area contributed by atoms with E-state index in [0.717, 1.165) is 12.1 Å². The van der Waals surface area contributed by atoms with Crippen molar-refractivity contribution in [2.24, 2.45) is 0 Å². The molecule has 156 valence electrons. The van der Waals surface area contributed by atoms with E-state index >= 15 is 0 Å². The van der Waals surface area contributed by atoms with Crippen LogP contribution in [0.1, 0.15) is 43.9 Å². The molecule has 1 rings (SSSR count). The molecule has 0 unspecified atom stereocenters. The van der Waals surface area contributed by atoms with Crippen LogP contribution in [0.2, 0.25) is 18.1 Å². The number of benzene rings is 1. The largest absolute Gasteiger partial charge is 0.417 e. The van der Waals surface area contributed by atoms with Gasteiger partial charge in [0.05, 0.1) is 11.1 Å². The van der Waals surface area contributed by atoms with E-state index < -0.39 is 31.8 Å². The molecular weight excluding hydrogens is 388 g/mol. The lowest BCUT2D eigenvalue weighted by molar-refractivity contribution is -0.143. The summed E-state index contributed by atoms with van der Waals surface area (Å²) in [6, 6.07) is 1.62. The zero-order valence-electron chi connectivity index (χ0n) is 16.2. The Morgan fingerprint density at radius 3 is 1.78 bits per heavy atom. The van der Waals surface area contributed by atoms with Crippen LogP contribution in [-0.2, 0) is 23.3 Å². The van der Waals surface area contributed by atoms with E-state index in [1.54, 1.807) is 0 Å². The molecular formula is C18H27F6NOSi. The molecule has 1 N–H and O–H groups in total. The van der Waals surface area contributed by atoms with E-state index in [1.165, 1.54) is 0 Å². The van der Waals surface area contributed by atoms with Crippen LogP contribution in [-0.4, -0.2) is 21.5 Å². The number of hydrogen-bond donors (Lipinski definition) is 1. The molecule has 1 aromatic carbocycles. The third-order valence-electron chi connectivity index (χ3n) is 4.74. The highest BCUT2D eigenvalue weighted by Gasteiger charge is 2.37. The third-order valence-corrected chi connectivity index (χ3v) is 9.28. The molecule has 0 aliphatic heterocycles. The lowest BCUT2D eigenvalue weighted by Crippen LogP contribution is -2.41. The van der Waals surface area contributed by atoms with Crippen LogP contribution in [0.3, 0.4) is 0 Å². The summed E-state index contributed by atoms with van der Waals surface area (Å²) in [5, 5.41) is 2.96. The van der Waals surface area contributed by atoms with Gasteiger partial charge in [-0.15, -0.1) is 0 Å². The summed E-state index contributed by atoms with van der Waals surface area (Å²) < 4.78 is 83.0. The first kappa shape index (κ1) is 24.0. The Labute approximate surface area is 157 Å². The monoisotopic (exact) mass is 415 g/mol. The lowest BCUT2D eigenvalue weighted by atomic mass is 10.0. The van der Waals surface area contributed by atoms with Crippen molar-refractivity contribution in [1.82, 2.24) is 5.32 Å². The Kier molecular flexibility index (Phi) is 7.57. The van der Waals surface area contributed by atoms with Crippen LogP contribution in [0.4, 0.5) is 26.3 Å². The molecule has 0 saturated heterocycles. The average Bonchev–Trinajstić information content (AvgIpc) is 2.47. The maximum absolute atomic E-state index is 12.8. The van der Waals surface area contributed by atoms with Crippen molar-refractivity contribution in [2.75, 3.05) is 13.2 Å². The van der Waals surface area contributed by atoms with Crippen LogP contribution in [0, 0.1) is 0 Å². The van der Waals surface area contributed by atoms with E-state index in [4.69, 9.17) is 4.43 Å². The van der Waals surface area contributed by atoms with Crippen LogP contribution in [0.15, 0.2) is 18.2 Å². The first-order valence-corrected chi connectivity index (χ1v) is 11.6. The molecule has 0 aliphatic rings. The molecule has 0 heterocycles. The van der Waals surface area contributed by atoms with Crippen molar-refractivity contribution in [3.8, 4) is 0 Å². The van der Waals surface area contributed by atoms with E-state index in [2.05, 4.69) is 39.2 Å². The summed E-state index contributed by atoms with van der Waals surface area (Å²) in [5.41, 5.74) is -2.65. The van der Waals surface area contributed by atoms with Gasteiger partial charge in [-0.2, -0.15) is 26.3 Å². The van der Waals surface area contributed by atoms with E-state index in [0.29, 0.717) is 19.6 Å². The molecule has 0 bridgehead atoms. The maximum Gasteiger partial charge on any atom is 0.416 e. The predicted octanol–water partition coefficient (Wildman–Crippen LogP) is 6.23. The minimum atomic E-state index is -4.83. The standard InChI is InChI=1S/C18H27F6NOSi/c1-16(2,3)27(4,5)26-8-6-7-25-12-13-9-14(17(19,20)21)11-15(10-13)18(22,23)24/h9-11,25H,6-8,12H2,1-5H3. The highest BCUT2D eigenvalue weighted by Crippen LogP contribution is 2.37. The quantitative estimate of drug-likeness (QED) is 0.324. The fourth-order valence-electron chi connectivity index (χ4n) is 2.10. The smallest absolute Gasteiger partial charge is 0.416 e. The summed E-state index contributed by atoms with van der Waals surface area (Å²) in [7, 11) is -1.86. The van der Waals surface area contributed by atoms with Gasteiger partial charge in [-0.05, 0) is 54.9 Å². The molecule has 27 heavy (non-hydrogen) atoms. The molecule has 0 saturated carbocycles. The predicted molar refractivity (Wildman–Crippen MR) is 95.9 cm³/mol. The Morgan fingerprint density at radius 1 is 0.889 bits per heavy atom. The molecule has 0 amide bonds. The van der Waals surface area contributed by atoms with Gasteiger partial charge in [-0.1, -0.05) is 20.8 Å². The first-order chi connectivity index (χ1) is 12.0. The molecule has 0 aromatic heterocycles. The normalized spacial score (nSPS) is 13.9. The minimum Gasteiger partial charge on any atom is -0.417 e. The summed E-state index contributed by atoms with van der Waals surface area (Å²) in [5.74, 6) is 0. The van der Waals surface area contributed by atoms with Crippen LogP contribution in [0.25, 0.3) is 0 Å². The molecule has 0 aliphatic carbocycles. The second-order valence-corrected chi connectivity index (χ2v) is 12.9. The van der Waals surface area contributed by atoms with Crippen molar-refractivity contribution in [3.63, 3.8) is 0 Å². The van der Waals surface area contributed by atoms with Gasteiger partial charge in [0.25, 0.3) is 0 Å². The van der Waals surface area contributed by atoms with Crippen LogP contribution >= 0.6 is 0 Å². The van der Waals surface area contributed by atoms with Crippen molar-refractivity contribution in [1.29, 1.82) is 0 Å². The highest BCUT2D eigenvalue weighted by molar-refractivity contribution is 6.74. The van der Waals surface area contributed by atoms with Crippen LogP contribution < -0.4 is 5.32 Å². The Balaban J connectivity index is 2.62. The summed E-state index contributed by atoms with van der Waals surface area (Å²) in [6.07, 6.45) is -9.03. The minimum absolute atomic E-state index is 0.0533. The molecule has 0 radical (unpaired) electrons. The van der Waals surface area contributed by atoms with Gasteiger partial charge in [-0.3, -0.25) is 0 Å². The molecule has 2 nitrogen and oxygen atoms in total.